The van der Waals surface area contributed by atoms with Crippen molar-refractivity contribution >= 4 is 68.5 Å². The Balaban J connectivity index is 1.45. The molecule has 2 amide bonds. The van der Waals surface area contributed by atoms with Gasteiger partial charge in [0.25, 0.3) is 0 Å². The van der Waals surface area contributed by atoms with E-state index in [1.165, 1.54) is 34.8 Å². The summed E-state index contributed by atoms with van der Waals surface area (Å²) in [6.45, 7) is 3.67. The molecule has 0 saturated heterocycles. The predicted octanol–water partition coefficient (Wildman–Crippen LogP) is 6.34. The van der Waals surface area contributed by atoms with Crippen LogP contribution in [-0.4, -0.2) is 30.8 Å². The molecule has 218 valence electrons. The van der Waals surface area contributed by atoms with Crippen molar-refractivity contribution in [2.75, 3.05) is 5.32 Å². The Hall–Kier alpha value is -3.67. The normalized spacial score (nSPS) is 11.7. The first-order valence-corrected chi connectivity index (χ1v) is 15.0. The number of aryl methyl sites for hydroxylation is 2. The third-order valence-electron chi connectivity index (χ3n) is 6.14. The molecule has 0 saturated carbocycles. The van der Waals surface area contributed by atoms with Gasteiger partial charge in [-0.05, 0) is 91.2 Å². The lowest BCUT2D eigenvalue weighted by Crippen LogP contribution is -2.32. The lowest BCUT2D eigenvalue weighted by molar-refractivity contribution is -0.136. The van der Waals surface area contributed by atoms with Crippen LogP contribution in [0.3, 0.4) is 0 Å². The fraction of sp³-hybridized carbons (Fsp3) is 0.138. The van der Waals surface area contributed by atoms with Gasteiger partial charge in [-0.15, -0.1) is 0 Å². The molecule has 4 aromatic rings. The van der Waals surface area contributed by atoms with Gasteiger partial charge >= 0.3 is 11.8 Å². The molecular formula is C29H25Cl3N4O5S. The molecule has 9 nitrogen and oxygen atoms in total. The average Bonchev–Trinajstić information content (AvgIpc) is 3.39. The zero-order valence-electron chi connectivity index (χ0n) is 22.4. The summed E-state index contributed by atoms with van der Waals surface area (Å²) in [7, 11) is -3.99. The minimum atomic E-state index is -3.99. The molecule has 0 fully saturated rings. The van der Waals surface area contributed by atoms with Gasteiger partial charge in [0.05, 0.1) is 27.7 Å². The van der Waals surface area contributed by atoms with Gasteiger partial charge in [0.1, 0.15) is 11.5 Å². The molecule has 2 N–H and O–H groups in total. The van der Waals surface area contributed by atoms with Crippen LogP contribution in [0.25, 0.3) is 0 Å². The summed E-state index contributed by atoms with van der Waals surface area (Å²) in [5, 5.41) is 7.31. The number of nitrogens with zero attached hydrogens (tertiary/aromatic N) is 2. The topological polar surface area (TPSA) is 121 Å². The number of amides is 2. The second-order valence-corrected chi connectivity index (χ2v) is 12.4. The number of hydrogen-bond acceptors (Lipinski definition) is 6. The molecule has 0 atom stereocenters. The van der Waals surface area contributed by atoms with Gasteiger partial charge in [-0.2, -0.15) is 9.41 Å². The van der Waals surface area contributed by atoms with E-state index in [4.69, 9.17) is 39.2 Å². The molecular weight excluding hydrogens is 623 g/mol. The standard InChI is InChI=1S/C29H25Cl3N4O5S/c1-18-3-7-22(13-19(18)2)34-28(37)29(38)35-33-15-23-8-9-24(41-23)17-36(16-20-4-12-26(31)27(32)14-20)42(39,40)25-10-5-21(30)6-11-25/h3-15H,16-17H2,1-2H3,(H,34,37)(H,35,38)/b33-15+. The van der Waals surface area contributed by atoms with E-state index in [1.807, 2.05) is 19.9 Å². The number of nitrogens with one attached hydrogen (secondary N) is 2. The Kier molecular flexibility index (Phi) is 10.1. The number of benzene rings is 3. The quantitative estimate of drug-likeness (QED) is 0.125. The molecule has 0 bridgehead atoms. The lowest BCUT2D eigenvalue weighted by Gasteiger charge is -2.22. The maximum atomic E-state index is 13.6. The van der Waals surface area contributed by atoms with E-state index in [0.717, 1.165) is 11.1 Å². The van der Waals surface area contributed by atoms with E-state index in [1.54, 1.807) is 42.5 Å². The van der Waals surface area contributed by atoms with Crippen LogP contribution < -0.4 is 10.7 Å². The summed E-state index contributed by atoms with van der Waals surface area (Å²) >= 11 is 18.1. The minimum Gasteiger partial charge on any atom is -0.459 e. The summed E-state index contributed by atoms with van der Waals surface area (Å²) < 4.78 is 34.1. The summed E-state index contributed by atoms with van der Waals surface area (Å²) in [5.74, 6) is -1.34. The van der Waals surface area contributed by atoms with E-state index in [-0.39, 0.29) is 23.7 Å². The summed E-state index contributed by atoms with van der Waals surface area (Å²) in [5.41, 5.74) is 5.25. The number of furan rings is 1. The first-order valence-electron chi connectivity index (χ1n) is 12.4. The second kappa shape index (κ2) is 13.5. The highest BCUT2D eigenvalue weighted by atomic mass is 35.5. The van der Waals surface area contributed by atoms with Crippen molar-refractivity contribution in [1.29, 1.82) is 0 Å². The number of carbonyl (C=O) groups excluding carboxylic acids is 2. The van der Waals surface area contributed by atoms with Crippen LogP contribution in [0.5, 0.6) is 0 Å². The maximum Gasteiger partial charge on any atom is 0.329 e. The molecule has 0 aliphatic heterocycles. The predicted molar refractivity (Wildman–Crippen MR) is 163 cm³/mol. The highest BCUT2D eigenvalue weighted by Gasteiger charge is 2.26. The van der Waals surface area contributed by atoms with Crippen LogP contribution >= 0.6 is 34.8 Å². The van der Waals surface area contributed by atoms with Crippen LogP contribution in [0.1, 0.15) is 28.2 Å². The largest absolute Gasteiger partial charge is 0.459 e. The van der Waals surface area contributed by atoms with E-state index in [9.17, 15) is 18.0 Å². The Morgan fingerprint density at radius 2 is 1.60 bits per heavy atom. The van der Waals surface area contributed by atoms with Crippen molar-refractivity contribution in [3.8, 4) is 0 Å². The van der Waals surface area contributed by atoms with Crippen LogP contribution in [0.4, 0.5) is 5.69 Å². The van der Waals surface area contributed by atoms with Crippen LogP contribution in [0, 0.1) is 13.8 Å². The number of sulfonamides is 1. The molecule has 0 aliphatic rings. The summed E-state index contributed by atoms with van der Waals surface area (Å²) in [6, 6.07) is 19.1. The van der Waals surface area contributed by atoms with E-state index in [2.05, 4.69) is 15.8 Å². The monoisotopic (exact) mass is 646 g/mol. The summed E-state index contributed by atoms with van der Waals surface area (Å²) in [4.78, 5) is 24.4. The number of halogens is 3. The molecule has 3 aromatic carbocycles. The first kappa shape index (κ1) is 31.3. The Morgan fingerprint density at radius 3 is 2.29 bits per heavy atom. The van der Waals surface area contributed by atoms with Gasteiger partial charge in [0.2, 0.25) is 10.0 Å². The number of rotatable bonds is 9. The highest BCUT2D eigenvalue weighted by Crippen LogP contribution is 2.27. The van der Waals surface area contributed by atoms with Gasteiger partial charge < -0.3 is 9.73 Å². The second-order valence-electron chi connectivity index (χ2n) is 9.23. The van der Waals surface area contributed by atoms with E-state index >= 15 is 0 Å². The highest BCUT2D eigenvalue weighted by molar-refractivity contribution is 7.89. The van der Waals surface area contributed by atoms with Gasteiger partial charge in [-0.25, -0.2) is 13.8 Å². The van der Waals surface area contributed by atoms with E-state index in [0.29, 0.717) is 32.1 Å². The van der Waals surface area contributed by atoms with Crippen molar-refractivity contribution in [3.63, 3.8) is 0 Å². The van der Waals surface area contributed by atoms with Crippen molar-refractivity contribution in [3.05, 3.63) is 116 Å². The maximum absolute atomic E-state index is 13.6. The van der Waals surface area contributed by atoms with Crippen molar-refractivity contribution in [1.82, 2.24) is 9.73 Å². The number of hydrogen-bond donors (Lipinski definition) is 2. The molecule has 0 aliphatic carbocycles. The average molecular weight is 648 g/mol. The Bertz CT molecular complexity index is 1760. The molecule has 1 aromatic heterocycles. The van der Waals surface area contributed by atoms with Crippen LogP contribution in [-0.2, 0) is 32.7 Å². The number of anilines is 1. The van der Waals surface area contributed by atoms with E-state index < -0.39 is 21.8 Å². The third kappa shape index (κ3) is 7.99. The zero-order valence-corrected chi connectivity index (χ0v) is 25.5. The van der Waals surface area contributed by atoms with Gasteiger partial charge in [0.15, 0.2) is 0 Å². The zero-order chi connectivity index (χ0) is 30.4. The molecule has 0 radical (unpaired) electrons. The molecule has 42 heavy (non-hydrogen) atoms. The van der Waals surface area contributed by atoms with Gasteiger partial charge in [-0.3, -0.25) is 9.59 Å². The molecule has 4 rings (SSSR count). The Morgan fingerprint density at radius 1 is 0.857 bits per heavy atom. The molecule has 0 unspecified atom stereocenters. The molecule has 1 heterocycles. The Labute approximate surface area is 258 Å². The minimum absolute atomic E-state index is 0.0301. The van der Waals surface area contributed by atoms with Gasteiger partial charge in [0, 0.05) is 17.3 Å². The van der Waals surface area contributed by atoms with Crippen molar-refractivity contribution < 1.29 is 22.4 Å². The van der Waals surface area contributed by atoms with Crippen molar-refractivity contribution in [2.24, 2.45) is 5.10 Å². The lowest BCUT2D eigenvalue weighted by atomic mass is 10.1. The SMILES string of the molecule is Cc1ccc(NC(=O)C(=O)N/N=C/c2ccc(CN(Cc3ccc(Cl)c(Cl)c3)S(=O)(=O)c3ccc(Cl)cc3)o2)cc1C. The molecule has 0 spiro atoms. The first-order chi connectivity index (χ1) is 19.9. The number of hydrazone groups is 1. The van der Waals surface area contributed by atoms with Crippen LogP contribution in [0.2, 0.25) is 15.1 Å². The summed E-state index contributed by atoms with van der Waals surface area (Å²) in [6.07, 6.45) is 1.20. The third-order valence-corrected chi connectivity index (χ3v) is 8.93. The number of carbonyl (C=O) groups is 2. The fourth-order valence-electron chi connectivity index (χ4n) is 3.76. The fourth-order valence-corrected chi connectivity index (χ4v) is 5.60. The smallest absolute Gasteiger partial charge is 0.329 e. The van der Waals surface area contributed by atoms with Gasteiger partial charge in [-0.1, -0.05) is 46.9 Å². The molecule has 13 heteroatoms. The van der Waals surface area contributed by atoms with Crippen molar-refractivity contribution in [2.45, 2.75) is 31.8 Å². The van der Waals surface area contributed by atoms with Crippen LogP contribution in [0.15, 0.2) is 87.2 Å².